The van der Waals surface area contributed by atoms with Crippen LogP contribution in [0.3, 0.4) is 0 Å². The van der Waals surface area contributed by atoms with Crippen molar-refractivity contribution in [2.75, 3.05) is 11.1 Å². The Morgan fingerprint density at radius 1 is 0.762 bits per heavy atom. The number of fused-ring (bicyclic) bond motifs is 1. The van der Waals surface area contributed by atoms with Crippen molar-refractivity contribution < 1.29 is 4.79 Å². The third-order valence-corrected chi connectivity index (χ3v) is 6.58. The highest BCUT2D eigenvalue weighted by atomic mass is 16.1. The topological polar surface area (TPSA) is 111 Å². The van der Waals surface area contributed by atoms with Crippen molar-refractivity contribution in [3.8, 4) is 17.1 Å². The van der Waals surface area contributed by atoms with Crippen LogP contribution in [0.15, 0.2) is 115 Å². The fourth-order valence-electron chi connectivity index (χ4n) is 4.51. The number of aromatic nitrogens is 4. The second-order valence-electron chi connectivity index (χ2n) is 9.30. The number of nitrogen functional groups attached to an aromatic ring is 1. The fourth-order valence-corrected chi connectivity index (χ4v) is 4.51. The molecule has 3 aromatic carbocycles. The largest absolute Gasteiger partial charge is 0.383 e. The Balaban J connectivity index is 0.00000173. The molecule has 1 amide bonds. The molecule has 4 N–H and O–H groups in total. The first-order valence-electron chi connectivity index (χ1n) is 14.0. The van der Waals surface area contributed by atoms with Crippen LogP contribution in [-0.4, -0.2) is 25.4 Å². The van der Waals surface area contributed by atoms with Gasteiger partial charge in [0, 0.05) is 30.5 Å². The van der Waals surface area contributed by atoms with Crippen LogP contribution in [0.5, 0.6) is 0 Å². The molecule has 0 atom stereocenters. The van der Waals surface area contributed by atoms with Crippen LogP contribution < -0.4 is 16.4 Å². The number of benzene rings is 3. The molecule has 0 aliphatic carbocycles. The summed E-state index contributed by atoms with van der Waals surface area (Å²) < 4.78 is 1.99. The van der Waals surface area contributed by atoms with E-state index in [-0.39, 0.29) is 5.91 Å². The predicted molar refractivity (Wildman–Crippen MR) is 169 cm³/mol. The van der Waals surface area contributed by atoms with E-state index in [1.54, 1.807) is 18.3 Å². The molecule has 0 spiro atoms. The molecule has 8 nitrogen and oxygen atoms in total. The number of amides is 1. The summed E-state index contributed by atoms with van der Waals surface area (Å²) in [5.74, 6) is 1.67. The second kappa shape index (κ2) is 13.2. The average Bonchev–Trinajstić information content (AvgIpc) is 3.43. The van der Waals surface area contributed by atoms with Gasteiger partial charge in [-0.3, -0.25) is 9.36 Å². The molecule has 0 bridgehead atoms. The van der Waals surface area contributed by atoms with E-state index >= 15 is 0 Å². The summed E-state index contributed by atoms with van der Waals surface area (Å²) in [5, 5.41) is 6.39. The number of rotatable bonds is 8. The Morgan fingerprint density at radius 2 is 1.45 bits per heavy atom. The summed E-state index contributed by atoms with van der Waals surface area (Å²) in [6.45, 7) is 5.06. The Bertz CT molecular complexity index is 1770. The lowest BCUT2D eigenvalue weighted by Crippen LogP contribution is -2.22. The van der Waals surface area contributed by atoms with E-state index in [9.17, 15) is 4.79 Å². The molecule has 42 heavy (non-hydrogen) atoms. The summed E-state index contributed by atoms with van der Waals surface area (Å²) >= 11 is 0. The van der Waals surface area contributed by atoms with Crippen LogP contribution in [0.1, 0.15) is 35.3 Å². The van der Waals surface area contributed by atoms with Gasteiger partial charge in [0.2, 0.25) is 0 Å². The molecule has 210 valence electrons. The number of pyridine rings is 2. The van der Waals surface area contributed by atoms with E-state index < -0.39 is 0 Å². The lowest BCUT2D eigenvalue weighted by molar-refractivity contribution is 0.0951. The van der Waals surface area contributed by atoms with E-state index in [1.165, 1.54) is 0 Å². The van der Waals surface area contributed by atoms with Gasteiger partial charge >= 0.3 is 0 Å². The summed E-state index contributed by atoms with van der Waals surface area (Å²) in [7, 11) is 0. The normalized spacial score (nSPS) is 10.5. The molecule has 0 aliphatic heterocycles. The van der Waals surface area contributed by atoms with Crippen LogP contribution in [0.4, 0.5) is 11.6 Å². The number of anilines is 2. The second-order valence-corrected chi connectivity index (χ2v) is 9.30. The maximum atomic E-state index is 12.5. The monoisotopic (exact) mass is 555 g/mol. The van der Waals surface area contributed by atoms with Gasteiger partial charge in [0.25, 0.3) is 5.91 Å². The Kier molecular flexibility index (Phi) is 8.84. The number of imidazole rings is 1. The van der Waals surface area contributed by atoms with Gasteiger partial charge in [-0.1, -0.05) is 74.5 Å². The molecular formula is C34H33N7O. The predicted octanol–water partition coefficient (Wildman–Crippen LogP) is 6.63. The minimum atomic E-state index is -0.112. The van der Waals surface area contributed by atoms with Gasteiger partial charge in [0.15, 0.2) is 11.5 Å². The number of nitrogens with zero attached hydrogens (tertiary/aromatic N) is 4. The SMILES string of the molecule is CC.Nc1ncccc1-c1nc2ccc(NCc3ccccc3)nc2n1-c1ccc(CNC(=O)c2ccccc2)cc1. The number of carbonyl (C=O) groups is 1. The maximum Gasteiger partial charge on any atom is 0.251 e. The zero-order valence-electron chi connectivity index (χ0n) is 23.7. The van der Waals surface area contributed by atoms with Crippen LogP contribution in [0.2, 0.25) is 0 Å². The molecule has 8 heteroatoms. The number of hydrogen-bond acceptors (Lipinski definition) is 6. The van der Waals surface area contributed by atoms with Crippen molar-refractivity contribution in [1.29, 1.82) is 0 Å². The summed E-state index contributed by atoms with van der Waals surface area (Å²) in [6.07, 6.45) is 1.66. The van der Waals surface area contributed by atoms with Crippen LogP contribution in [0.25, 0.3) is 28.2 Å². The van der Waals surface area contributed by atoms with Crippen LogP contribution >= 0.6 is 0 Å². The molecule has 0 unspecified atom stereocenters. The highest BCUT2D eigenvalue weighted by molar-refractivity contribution is 5.94. The zero-order chi connectivity index (χ0) is 29.3. The quantitative estimate of drug-likeness (QED) is 0.194. The number of hydrogen-bond donors (Lipinski definition) is 3. The lowest BCUT2D eigenvalue weighted by Gasteiger charge is -2.12. The Labute approximate surface area is 245 Å². The summed E-state index contributed by atoms with van der Waals surface area (Å²) in [6, 6.07) is 34.9. The lowest BCUT2D eigenvalue weighted by atomic mass is 10.1. The third-order valence-electron chi connectivity index (χ3n) is 6.58. The Hall–Kier alpha value is -5.50. The molecule has 0 saturated carbocycles. The fraction of sp³-hybridized carbons (Fsp3) is 0.118. The van der Waals surface area contributed by atoms with Gasteiger partial charge in [-0.15, -0.1) is 0 Å². The van der Waals surface area contributed by atoms with E-state index in [0.29, 0.717) is 35.9 Å². The van der Waals surface area contributed by atoms with Crippen molar-refractivity contribution in [2.24, 2.45) is 0 Å². The molecule has 3 aromatic heterocycles. The van der Waals surface area contributed by atoms with Gasteiger partial charge in [-0.05, 0) is 59.7 Å². The van der Waals surface area contributed by atoms with E-state index in [0.717, 1.165) is 33.7 Å². The minimum absolute atomic E-state index is 0.112. The van der Waals surface area contributed by atoms with Crippen molar-refractivity contribution in [1.82, 2.24) is 24.8 Å². The van der Waals surface area contributed by atoms with E-state index in [2.05, 4.69) is 27.8 Å². The van der Waals surface area contributed by atoms with Crippen LogP contribution in [0, 0.1) is 0 Å². The first-order valence-corrected chi connectivity index (χ1v) is 14.0. The highest BCUT2D eigenvalue weighted by Gasteiger charge is 2.18. The average molecular weight is 556 g/mol. The molecule has 6 rings (SSSR count). The molecule has 0 fully saturated rings. The van der Waals surface area contributed by atoms with Gasteiger partial charge < -0.3 is 16.4 Å². The van der Waals surface area contributed by atoms with Gasteiger partial charge in [-0.25, -0.2) is 15.0 Å². The molecule has 3 heterocycles. The molecule has 0 aliphatic rings. The number of nitrogens with two attached hydrogens (primary N) is 1. The van der Waals surface area contributed by atoms with Crippen molar-refractivity contribution in [3.63, 3.8) is 0 Å². The third kappa shape index (κ3) is 6.28. The minimum Gasteiger partial charge on any atom is -0.383 e. The Morgan fingerprint density at radius 3 is 2.17 bits per heavy atom. The molecular weight excluding hydrogens is 522 g/mol. The van der Waals surface area contributed by atoms with E-state index in [4.69, 9.17) is 15.7 Å². The van der Waals surface area contributed by atoms with Gasteiger partial charge in [0.05, 0.1) is 5.56 Å². The summed E-state index contributed by atoms with van der Waals surface area (Å²) in [4.78, 5) is 26.6. The first kappa shape index (κ1) is 28.0. The standard InChI is InChI=1S/C32H27N7O.C2H6/c33-29-26(12-7-19-34-29)30-37-27-17-18-28(35-20-22-8-3-1-4-9-22)38-31(27)39(30)25-15-13-23(14-16-25)21-36-32(40)24-10-5-2-6-11-24;1-2/h1-19H,20-21H2,(H2,33,34)(H,35,38)(H,36,40);1-2H3. The van der Waals surface area contributed by atoms with Gasteiger partial charge in [-0.2, -0.15) is 0 Å². The molecule has 0 radical (unpaired) electrons. The smallest absolute Gasteiger partial charge is 0.251 e. The number of nitrogens with one attached hydrogen (secondary N) is 2. The molecule has 0 saturated heterocycles. The highest BCUT2D eigenvalue weighted by Crippen LogP contribution is 2.31. The van der Waals surface area contributed by atoms with Crippen molar-refractivity contribution >= 4 is 28.7 Å². The zero-order valence-corrected chi connectivity index (χ0v) is 23.7. The maximum absolute atomic E-state index is 12.5. The summed E-state index contributed by atoms with van der Waals surface area (Å²) in [5.41, 5.74) is 12.1. The van der Waals surface area contributed by atoms with Gasteiger partial charge in [0.1, 0.15) is 17.2 Å². The van der Waals surface area contributed by atoms with Crippen LogP contribution in [-0.2, 0) is 13.1 Å². The van der Waals surface area contributed by atoms with E-state index in [1.807, 2.05) is 103 Å². The number of carbonyl (C=O) groups excluding carboxylic acids is 1. The first-order chi connectivity index (χ1) is 20.7. The van der Waals surface area contributed by atoms with Crippen molar-refractivity contribution in [2.45, 2.75) is 26.9 Å². The molecule has 6 aromatic rings. The van der Waals surface area contributed by atoms with Crippen molar-refractivity contribution in [3.05, 3.63) is 132 Å².